The number of ether oxygens (including phenoxy) is 2. The molecule has 22 heavy (non-hydrogen) atoms. The summed E-state index contributed by atoms with van der Waals surface area (Å²) in [6, 6.07) is 17.1. The van der Waals surface area contributed by atoms with E-state index in [0.29, 0.717) is 19.3 Å². The van der Waals surface area contributed by atoms with Crippen LogP contribution in [0.15, 0.2) is 48.5 Å². The normalized spacial score (nSPS) is 13.9. The van der Waals surface area contributed by atoms with Gasteiger partial charge in [0.15, 0.2) is 11.5 Å². The van der Waals surface area contributed by atoms with E-state index in [1.807, 2.05) is 31.2 Å². The molecule has 0 amide bonds. The molecule has 0 radical (unpaired) electrons. The lowest BCUT2D eigenvalue weighted by atomic mass is 10.2. The predicted octanol–water partition coefficient (Wildman–Crippen LogP) is 3.92. The van der Waals surface area contributed by atoms with Crippen molar-refractivity contribution in [3.63, 3.8) is 0 Å². The van der Waals surface area contributed by atoms with Gasteiger partial charge in [-0.3, -0.25) is 0 Å². The number of nitrogens with one attached hydrogen (secondary N) is 1. The molecule has 1 N–H and O–H groups in total. The fraction of sp³-hybridized carbons (Fsp3) is 0.368. The molecule has 0 bridgehead atoms. The van der Waals surface area contributed by atoms with Gasteiger partial charge in [0, 0.05) is 12.6 Å². The fourth-order valence-corrected chi connectivity index (χ4v) is 2.33. The monoisotopic (exact) mass is 297 g/mol. The van der Waals surface area contributed by atoms with Crippen molar-refractivity contribution >= 4 is 0 Å². The van der Waals surface area contributed by atoms with Crippen molar-refractivity contribution < 1.29 is 9.47 Å². The maximum absolute atomic E-state index is 5.92. The summed E-state index contributed by atoms with van der Waals surface area (Å²) in [5, 5.41) is 3.52. The van der Waals surface area contributed by atoms with Gasteiger partial charge in [-0.05, 0) is 43.0 Å². The Morgan fingerprint density at radius 2 is 1.77 bits per heavy atom. The highest BCUT2D eigenvalue weighted by Crippen LogP contribution is 2.29. The SMILES string of the molecule is CCOc1cc(CNC2CC2)ccc1OCc1ccccc1. The number of hydrogen-bond donors (Lipinski definition) is 1. The molecule has 116 valence electrons. The third kappa shape index (κ3) is 4.25. The first-order chi connectivity index (χ1) is 10.8. The molecule has 3 nitrogen and oxygen atoms in total. The smallest absolute Gasteiger partial charge is 0.161 e. The molecule has 2 aromatic carbocycles. The Morgan fingerprint density at radius 1 is 0.955 bits per heavy atom. The second-order valence-electron chi connectivity index (χ2n) is 5.64. The topological polar surface area (TPSA) is 30.5 Å². The predicted molar refractivity (Wildman–Crippen MR) is 88.2 cm³/mol. The molecule has 0 aliphatic heterocycles. The van der Waals surface area contributed by atoms with Crippen molar-refractivity contribution in [2.75, 3.05) is 6.61 Å². The van der Waals surface area contributed by atoms with Gasteiger partial charge < -0.3 is 14.8 Å². The van der Waals surface area contributed by atoms with Crippen LogP contribution in [-0.4, -0.2) is 12.6 Å². The summed E-state index contributed by atoms with van der Waals surface area (Å²) >= 11 is 0. The Balaban J connectivity index is 1.65. The van der Waals surface area contributed by atoms with Crippen molar-refractivity contribution in [3.8, 4) is 11.5 Å². The van der Waals surface area contributed by atoms with Gasteiger partial charge in [0.2, 0.25) is 0 Å². The molecule has 1 saturated carbocycles. The summed E-state index contributed by atoms with van der Waals surface area (Å²) < 4.78 is 11.7. The van der Waals surface area contributed by atoms with Crippen LogP contribution in [0.1, 0.15) is 30.9 Å². The Bertz CT molecular complexity index is 594. The first-order valence-electron chi connectivity index (χ1n) is 8.01. The minimum absolute atomic E-state index is 0.556. The molecule has 3 heteroatoms. The van der Waals surface area contributed by atoms with Crippen LogP contribution in [0, 0.1) is 0 Å². The minimum atomic E-state index is 0.556. The lowest BCUT2D eigenvalue weighted by Gasteiger charge is -2.14. The highest BCUT2D eigenvalue weighted by molar-refractivity contribution is 5.43. The van der Waals surface area contributed by atoms with Crippen molar-refractivity contribution in [1.82, 2.24) is 5.32 Å². The lowest BCUT2D eigenvalue weighted by Crippen LogP contribution is -2.15. The van der Waals surface area contributed by atoms with E-state index in [2.05, 4.69) is 29.6 Å². The van der Waals surface area contributed by atoms with Crippen LogP contribution < -0.4 is 14.8 Å². The van der Waals surface area contributed by atoms with Gasteiger partial charge in [0.05, 0.1) is 6.61 Å². The van der Waals surface area contributed by atoms with Crippen molar-refractivity contribution in [1.29, 1.82) is 0 Å². The van der Waals surface area contributed by atoms with E-state index in [9.17, 15) is 0 Å². The first kappa shape index (κ1) is 14.9. The van der Waals surface area contributed by atoms with Crippen molar-refractivity contribution in [2.24, 2.45) is 0 Å². The first-order valence-corrected chi connectivity index (χ1v) is 8.01. The number of rotatable bonds is 8. The minimum Gasteiger partial charge on any atom is -0.490 e. The second kappa shape index (κ2) is 7.32. The van der Waals surface area contributed by atoms with Crippen LogP contribution in [0.3, 0.4) is 0 Å². The summed E-state index contributed by atoms with van der Waals surface area (Å²) in [6.45, 7) is 4.08. The largest absolute Gasteiger partial charge is 0.490 e. The molecular weight excluding hydrogens is 274 g/mol. The van der Waals surface area contributed by atoms with Gasteiger partial charge >= 0.3 is 0 Å². The van der Waals surface area contributed by atoms with E-state index in [1.54, 1.807) is 0 Å². The molecule has 2 aromatic rings. The Morgan fingerprint density at radius 3 is 2.50 bits per heavy atom. The van der Waals surface area contributed by atoms with E-state index in [4.69, 9.17) is 9.47 Å². The van der Waals surface area contributed by atoms with Crippen LogP contribution in [0.2, 0.25) is 0 Å². The van der Waals surface area contributed by atoms with Gasteiger partial charge in [-0.25, -0.2) is 0 Å². The fourth-order valence-electron chi connectivity index (χ4n) is 2.33. The third-order valence-electron chi connectivity index (χ3n) is 3.72. The van der Waals surface area contributed by atoms with Crippen molar-refractivity contribution in [3.05, 3.63) is 59.7 Å². The molecule has 0 heterocycles. The summed E-state index contributed by atoms with van der Waals surface area (Å²) in [4.78, 5) is 0. The second-order valence-corrected chi connectivity index (χ2v) is 5.64. The summed E-state index contributed by atoms with van der Waals surface area (Å²) in [7, 11) is 0. The molecule has 0 unspecified atom stereocenters. The van der Waals surface area contributed by atoms with Crippen LogP contribution >= 0.6 is 0 Å². The van der Waals surface area contributed by atoms with E-state index in [1.165, 1.54) is 18.4 Å². The van der Waals surface area contributed by atoms with Crippen LogP contribution in [0.4, 0.5) is 0 Å². The van der Waals surface area contributed by atoms with Gasteiger partial charge in [-0.2, -0.15) is 0 Å². The summed E-state index contributed by atoms with van der Waals surface area (Å²) in [5.74, 6) is 1.63. The molecule has 0 spiro atoms. The number of hydrogen-bond acceptors (Lipinski definition) is 3. The summed E-state index contributed by atoms with van der Waals surface area (Å²) in [6.07, 6.45) is 2.60. The van der Waals surface area contributed by atoms with Gasteiger partial charge in [-0.1, -0.05) is 36.4 Å². The molecule has 1 aliphatic rings. The van der Waals surface area contributed by atoms with Crippen LogP contribution in [0.25, 0.3) is 0 Å². The zero-order valence-electron chi connectivity index (χ0n) is 13.0. The zero-order valence-corrected chi connectivity index (χ0v) is 13.0. The molecule has 0 atom stereocenters. The van der Waals surface area contributed by atoms with Crippen LogP contribution in [-0.2, 0) is 13.2 Å². The molecular formula is C19H23NO2. The standard InChI is InChI=1S/C19H23NO2/c1-2-21-19-12-16(13-20-17-9-10-17)8-11-18(19)22-14-15-6-4-3-5-7-15/h3-8,11-12,17,20H,2,9-10,13-14H2,1H3. The lowest BCUT2D eigenvalue weighted by molar-refractivity contribution is 0.269. The molecule has 0 aromatic heterocycles. The Labute approximate surface area is 132 Å². The van der Waals surface area contributed by atoms with E-state index in [-0.39, 0.29) is 0 Å². The van der Waals surface area contributed by atoms with E-state index >= 15 is 0 Å². The van der Waals surface area contributed by atoms with Crippen LogP contribution in [0.5, 0.6) is 11.5 Å². The Kier molecular flexibility index (Phi) is 4.96. The molecule has 1 fully saturated rings. The van der Waals surface area contributed by atoms with E-state index < -0.39 is 0 Å². The van der Waals surface area contributed by atoms with Gasteiger partial charge in [0.25, 0.3) is 0 Å². The third-order valence-corrected chi connectivity index (χ3v) is 3.72. The maximum Gasteiger partial charge on any atom is 0.161 e. The van der Waals surface area contributed by atoms with Crippen molar-refractivity contribution in [2.45, 2.75) is 39.0 Å². The quantitative estimate of drug-likeness (QED) is 0.801. The van der Waals surface area contributed by atoms with Gasteiger partial charge in [0.1, 0.15) is 6.61 Å². The molecule has 3 rings (SSSR count). The molecule has 0 saturated heterocycles. The maximum atomic E-state index is 5.92. The zero-order chi connectivity index (χ0) is 15.2. The average Bonchev–Trinajstić information content (AvgIpc) is 3.38. The molecule has 1 aliphatic carbocycles. The summed E-state index contributed by atoms with van der Waals surface area (Å²) in [5.41, 5.74) is 2.40. The van der Waals surface area contributed by atoms with E-state index in [0.717, 1.165) is 23.6 Å². The average molecular weight is 297 g/mol. The number of benzene rings is 2. The highest BCUT2D eigenvalue weighted by Gasteiger charge is 2.20. The van der Waals surface area contributed by atoms with Gasteiger partial charge in [-0.15, -0.1) is 0 Å². The highest BCUT2D eigenvalue weighted by atomic mass is 16.5. The Hall–Kier alpha value is -2.00.